The molecule has 1 aliphatic heterocycles. The maximum absolute atomic E-state index is 12.5. The van der Waals surface area contributed by atoms with Crippen molar-refractivity contribution >= 4 is 5.91 Å². The van der Waals surface area contributed by atoms with Crippen LogP contribution in [0.1, 0.15) is 39.0 Å². The molecule has 1 amide bonds. The van der Waals surface area contributed by atoms with Crippen LogP contribution in [0.3, 0.4) is 0 Å². The Hall–Kier alpha value is -1.08. The van der Waals surface area contributed by atoms with E-state index in [1.54, 1.807) is 0 Å². The average Bonchev–Trinajstić information content (AvgIpc) is 2.88. The van der Waals surface area contributed by atoms with Gasteiger partial charge in [-0.05, 0) is 19.3 Å². The minimum absolute atomic E-state index is 0.0410. The number of ether oxygens (including phenoxy) is 1. The molecule has 2 fully saturated rings. The maximum atomic E-state index is 12.5. The molecule has 0 aromatic rings. The van der Waals surface area contributed by atoms with Crippen molar-refractivity contribution < 1.29 is 9.53 Å². The normalized spacial score (nSPS) is 27.8. The second-order valence-corrected chi connectivity index (χ2v) is 5.05. The van der Waals surface area contributed by atoms with Crippen molar-refractivity contribution in [2.75, 3.05) is 19.7 Å². The number of hydrogen-bond acceptors (Lipinski definition) is 3. The highest BCUT2D eigenvalue weighted by Gasteiger charge is 2.44. The summed E-state index contributed by atoms with van der Waals surface area (Å²) < 4.78 is 5.56. The van der Waals surface area contributed by atoms with Gasteiger partial charge in [0.05, 0.1) is 18.8 Å². The molecule has 17 heavy (non-hydrogen) atoms. The quantitative estimate of drug-likeness (QED) is 0.733. The van der Waals surface area contributed by atoms with E-state index in [0.29, 0.717) is 19.7 Å². The predicted molar refractivity (Wildman–Crippen MR) is 63.1 cm³/mol. The van der Waals surface area contributed by atoms with Crippen molar-refractivity contribution in [3.05, 3.63) is 0 Å². The lowest BCUT2D eigenvalue weighted by Gasteiger charge is -2.36. The molecule has 0 bridgehead atoms. The fourth-order valence-corrected chi connectivity index (χ4v) is 2.81. The van der Waals surface area contributed by atoms with E-state index in [9.17, 15) is 10.1 Å². The van der Waals surface area contributed by atoms with Gasteiger partial charge in [0.1, 0.15) is 5.41 Å². The van der Waals surface area contributed by atoms with Gasteiger partial charge in [0.2, 0.25) is 5.91 Å². The molecule has 2 rings (SSSR count). The fraction of sp³-hybridized carbons (Fsp3) is 0.846. The van der Waals surface area contributed by atoms with Gasteiger partial charge >= 0.3 is 0 Å². The Morgan fingerprint density at radius 1 is 1.53 bits per heavy atom. The Morgan fingerprint density at radius 2 is 2.24 bits per heavy atom. The van der Waals surface area contributed by atoms with Crippen LogP contribution in [0.15, 0.2) is 0 Å². The number of nitrogens with zero attached hydrogens (tertiary/aromatic N) is 2. The SMILES string of the molecule is CCC1CN(C(=O)C2(C#N)CCCC2)CCO1. The Balaban J connectivity index is 2.06. The summed E-state index contributed by atoms with van der Waals surface area (Å²) in [6.45, 7) is 3.96. The standard InChI is InChI=1S/C13H20N2O2/c1-2-11-9-15(7-8-17-11)12(16)13(10-14)5-3-4-6-13/h11H,2-9H2,1H3. The van der Waals surface area contributed by atoms with Crippen LogP contribution in [0, 0.1) is 16.7 Å². The van der Waals surface area contributed by atoms with Gasteiger partial charge in [-0.25, -0.2) is 0 Å². The molecule has 94 valence electrons. The number of amides is 1. The molecule has 4 nitrogen and oxygen atoms in total. The number of carbonyl (C=O) groups is 1. The summed E-state index contributed by atoms with van der Waals surface area (Å²) in [5, 5.41) is 9.31. The lowest BCUT2D eigenvalue weighted by atomic mass is 9.86. The van der Waals surface area contributed by atoms with Gasteiger partial charge in [-0.2, -0.15) is 5.26 Å². The molecule has 1 heterocycles. The smallest absolute Gasteiger partial charge is 0.243 e. The van der Waals surface area contributed by atoms with Crippen LogP contribution in [0.25, 0.3) is 0 Å². The van der Waals surface area contributed by atoms with E-state index in [0.717, 1.165) is 32.1 Å². The lowest BCUT2D eigenvalue weighted by molar-refractivity contribution is -0.146. The second kappa shape index (κ2) is 5.05. The van der Waals surface area contributed by atoms with E-state index in [-0.39, 0.29) is 12.0 Å². The molecule has 1 atom stereocenters. The van der Waals surface area contributed by atoms with Gasteiger partial charge in [-0.1, -0.05) is 19.8 Å². The van der Waals surface area contributed by atoms with Crippen molar-refractivity contribution in [2.45, 2.75) is 45.1 Å². The largest absolute Gasteiger partial charge is 0.375 e. The Morgan fingerprint density at radius 3 is 2.82 bits per heavy atom. The van der Waals surface area contributed by atoms with Crippen LogP contribution in [0.2, 0.25) is 0 Å². The average molecular weight is 236 g/mol. The molecular formula is C13H20N2O2. The molecule has 1 aliphatic carbocycles. The first-order chi connectivity index (χ1) is 8.22. The summed E-state index contributed by atoms with van der Waals surface area (Å²) in [5.74, 6) is 0.0410. The third-order valence-corrected chi connectivity index (χ3v) is 3.96. The summed E-state index contributed by atoms with van der Waals surface area (Å²) in [6.07, 6.45) is 4.53. The van der Waals surface area contributed by atoms with E-state index >= 15 is 0 Å². The third kappa shape index (κ3) is 2.30. The van der Waals surface area contributed by atoms with Gasteiger partial charge in [-0.3, -0.25) is 4.79 Å². The molecule has 0 radical (unpaired) electrons. The zero-order valence-corrected chi connectivity index (χ0v) is 10.4. The topological polar surface area (TPSA) is 53.3 Å². The minimum atomic E-state index is -0.727. The maximum Gasteiger partial charge on any atom is 0.243 e. The van der Waals surface area contributed by atoms with E-state index in [2.05, 4.69) is 13.0 Å². The van der Waals surface area contributed by atoms with Crippen LogP contribution in [-0.2, 0) is 9.53 Å². The molecule has 0 N–H and O–H groups in total. The number of nitriles is 1. The molecule has 0 spiro atoms. The van der Waals surface area contributed by atoms with Crippen LogP contribution in [0.5, 0.6) is 0 Å². The summed E-state index contributed by atoms with van der Waals surface area (Å²) in [7, 11) is 0. The number of rotatable bonds is 2. The highest BCUT2D eigenvalue weighted by Crippen LogP contribution is 2.39. The molecule has 4 heteroatoms. The highest BCUT2D eigenvalue weighted by molar-refractivity contribution is 5.86. The molecule has 1 saturated heterocycles. The zero-order chi connectivity index (χ0) is 12.3. The third-order valence-electron chi connectivity index (χ3n) is 3.96. The van der Waals surface area contributed by atoms with Crippen LogP contribution >= 0.6 is 0 Å². The molecule has 0 aromatic carbocycles. The van der Waals surface area contributed by atoms with E-state index < -0.39 is 5.41 Å². The van der Waals surface area contributed by atoms with Gasteiger partial charge in [0.25, 0.3) is 0 Å². The zero-order valence-electron chi connectivity index (χ0n) is 10.4. The van der Waals surface area contributed by atoms with Crippen LogP contribution in [0.4, 0.5) is 0 Å². The van der Waals surface area contributed by atoms with Gasteiger partial charge in [0.15, 0.2) is 0 Å². The molecule has 1 saturated carbocycles. The molecular weight excluding hydrogens is 216 g/mol. The molecule has 0 aromatic heterocycles. The van der Waals surface area contributed by atoms with Gasteiger partial charge in [0, 0.05) is 13.1 Å². The minimum Gasteiger partial charge on any atom is -0.375 e. The number of hydrogen-bond donors (Lipinski definition) is 0. The molecule has 1 unspecified atom stereocenters. The van der Waals surface area contributed by atoms with Crippen molar-refractivity contribution in [3.63, 3.8) is 0 Å². The first-order valence-electron chi connectivity index (χ1n) is 6.54. The van der Waals surface area contributed by atoms with E-state index in [4.69, 9.17) is 4.74 Å². The van der Waals surface area contributed by atoms with Crippen molar-refractivity contribution in [1.29, 1.82) is 5.26 Å². The second-order valence-electron chi connectivity index (χ2n) is 5.05. The first kappa shape index (κ1) is 12.4. The Labute approximate surface area is 103 Å². The highest BCUT2D eigenvalue weighted by atomic mass is 16.5. The summed E-state index contributed by atoms with van der Waals surface area (Å²) >= 11 is 0. The monoisotopic (exact) mass is 236 g/mol. The van der Waals surface area contributed by atoms with E-state index in [1.165, 1.54) is 0 Å². The van der Waals surface area contributed by atoms with Crippen LogP contribution in [-0.4, -0.2) is 36.6 Å². The van der Waals surface area contributed by atoms with Gasteiger partial charge < -0.3 is 9.64 Å². The van der Waals surface area contributed by atoms with Crippen molar-refractivity contribution in [3.8, 4) is 6.07 Å². The van der Waals surface area contributed by atoms with Crippen molar-refractivity contribution in [2.24, 2.45) is 5.41 Å². The first-order valence-corrected chi connectivity index (χ1v) is 6.54. The fourth-order valence-electron chi connectivity index (χ4n) is 2.81. The van der Waals surface area contributed by atoms with Crippen LogP contribution < -0.4 is 0 Å². The van der Waals surface area contributed by atoms with E-state index in [1.807, 2.05) is 4.90 Å². The number of morpholine rings is 1. The predicted octanol–water partition coefficient (Wildman–Crippen LogP) is 1.71. The summed E-state index contributed by atoms with van der Waals surface area (Å²) in [5.41, 5.74) is -0.727. The summed E-state index contributed by atoms with van der Waals surface area (Å²) in [6, 6.07) is 2.28. The Kier molecular flexibility index (Phi) is 3.68. The van der Waals surface area contributed by atoms with Gasteiger partial charge in [-0.15, -0.1) is 0 Å². The number of carbonyl (C=O) groups excluding carboxylic acids is 1. The summed E-state index contributed by atoms with van der Waals surface area (Å²) in [4.78, 5) is 14.3. The Bertz CT molecular complexity index is 329. The lowest BCUT2D eigenvalue weighted by Crippen LogP contribution is -2.50. The molecule has 2 aliphatic rings. The van der Waals surface area contributed by atoms with Crippen molar-refractivity contribution in [1.82, 2.24) is 4.90 Å².